The second-order valence-electron chi connectivity index (χ2n) is 6.99. The van der Waals surface area contributed by atoms with E-state index in [1.807, 2.05) is 12.1 Å². The molecule has 1 aliphatic heterocycles. The summed E-state index contributed by atoms with van der Waals surface area (Å²) < 4.78 is 12.5. The van der Waals surface area contributed by atoms with Crippen LogP contribution in [-0.4, -0.2) is 63.8 Å². The van der Waals surface area contributed by atoms with Gasteiger partial charge in [-0.2, -0.15) is 4.52 Å². The van der Waals surface area contributed by atoms with Crippen LogP contribution in [0.3, 0.4) is 0 Å². The molecule has 0 aliphatic carbocycles. The number of ether oxygens (including phenoxy) is 2. The number of hydrogen-bond acceptors (Lipinski definition) is 6. The number of methoxy groups -OCH3 is 1. The van der Waals surface area contributed by atoms with Crippen molar-refractivity contribution in [2.45, 2.75) is 32.4 Å². The standard InChI is InChI=1S/C19H23N5O3/c1-13-5-6-17-14(8-13)9-15(19-20-21-22-24(17)19)10-23(18(25)12-26-2)11-16-4-3-7-27-16/h5-6,8-9,16H,3-4,7,10-12H2,1-2H3/t16-/m1/s1. The number of aromatic nitrogens is 4. The summed E-state index contributed by atoms with van der Waals surface area (Å²) in [5, 5.41) is 13.2. The number of aryl methyl sites for hydroxylation is 1. The van der Waals surface area contributed by atoms with Crippen LogP contribution in [0.25, 0.3) is 16.6 Å². The van der Waals surface area contributed by atoms with E-state index in [1.165, 1.54) is 7.11 Å². The Labute approximate surface area is 157 Å². The largest absolute Gasteiger partial charge is 0.376 e. The van der Waals surface area contributed by atoms with Crippen LogP contribution in [0.2, 0.25) is 0 Å². The number of tetrazole rings is 1. The van der Waals surface area contributed by atoms with Crippen LogP contribution in [0.1, 0.15) is 24.0 Å². The first kappa shape index (κ1) is 17.8. The lowest BCUT2D eigenvalue weighted by Gasteiger charge is -2.25. The molecule has 0 spiro atoms. The minimum absolute atomic E-state index is 0.0423. The van der Waals surface area contributed by atoms with Gasteiger partial charge in [-0.15, -0.1) is 5.10 Å². The van der Waals surface area contributed by atoms with Crippen LogP contribution in [0.5, 0.6) is 0 Å². The maximum Gasteiger partial charge on any atom is 0.248 e. The highest BCUT2D eigenvalue weighted by Gasteiger charge is 2.24. The first-order valence-corrected chi connectivity index (χ1v) is 9.14. The zero-order valence-corrected chi connectivity index (χ0v) is 15.6. The molecule has 1 saturated heterocycles. The summed E-state index contributed by atoms with van der Waals surface area (Å²) in [5.74, 6) is -0.0667. The predicted octanol–water partition coefficient (Wildman–Crippen LogP) is 1.74. The molecule has 1 aromatic carbocycles. The lowest BCUT2D eigenvalue weighted by Crippen LogP contribution is -2.39. The SMILES string of the molecule is COCC(=O)N(Cc1cc2cc(C)ccc2n2nnnc12)C[C@H]1CCCO1. The quantitative estimate of drug-likeness (QED) is 0.658. The average Bonchev–Trinajstić information content (AvgIpc) is 3.33. The fourth-order valence-electron chi connectivity index (χ4n) is 3.61. The summed E-state index contributed by atoms with van der Waals surface area (Å²) in [6.45, 7) is 3.80. The summed E-state index contributed by atoms with van der Waals surface area (Å²) in [7, 11) is 1.53. The molecule has 1 aliphatic rings. The monoisotopic (exact) mass is 369 g/mol. The van der Waals surface area contributed by atoms with Gasteiger partial charge in [0.25, 0.3) is 0 Å². The molecule has 4 rings (SSSR count). The van der Waals surface area contributed by atoms with Crippen molar-refractivity contribution in [1.29, 1.82) is 0 Å². The van der Waals surface area contributed by atoms with Gasteiger partial charge in [-0.05, 0) is 48.4 Å². The molecule has 0 radical (unpaired) electrons. The van der Waals surface area contributed by atoms with Crippen molar-refractivity contribution in [3.05, 3.63) is 35.4 Å². The molecule has 1 atom stereocenters. The number of nitrogens with zero attached hydrogens (tertiary/aromatic N) is 5. The summed E-state index contributed by atoms with van der Waals surface area (Å²) in [5.41, 5.74) is 3.67. The fourth-order valence-corrected chi connectivity index (χ4v) is 3.61. The predicted molar refractivity (Wildman–Crippen MR) is 99.3 cm³/mol. The van der Waals surface area contributed by atoms with Gasteiger partial charge in [0.05, 0.1) is 11.6 Å². The van der Waals surface area contributed by atoms with E-state index in [1.54, 1.807) is 9.42 Å². The Morgan fingerprint density at radius 3 is 3.07 bits per heavy atom. The molecule has 27 heavy (non-hydrogen) atoms. The van der Waals surface area contributed by atoms with Gasteiger partial charge >= 0.3 is 0 Å². The third-order valence-electron chi connectivity index (χ3n) is 4.93. The smallest absolute Gasteiger partial charge is 0.248 e. The molecule has 0 saturated carbocycles. The van der Waals surface area contributed by atoms with E-state index in [9.17, 15) is 4.79 Å². The molecule has 8 heteroatoms. The Hall–Kier alpha value is -2.58. The molecular formula is C19H23N5O3. The second-order valence-corrected chi connectivity index (χ2v) is 6.99. The van der Waals surface area contributed by atoms with E-state index >= 15 is 0 Å². The van der Waals surface area contributed by atoms with Gasteiger partial charge in [-0.3, -0.25) is 4.79 Å². The van der Waals surface area contributed by atoms with Crippen molar-refractivity contribution in [3.63, 3.8) is 0 Å². The van der Waals surface area contributed by atoms with Crippen LogP contribution < -0.4 is 0 Å². The molecule has 1 amide bonds. The third kappa shape index (κ3) is 3.63. The van der Waals surface area contributed by atoms with E-state index in [-0.39, 0.29) is 18.6 Å². The van der Waals surface area contributed by atoms with Gasteiger partial charge in [0, 0.05) is 37.8 Å². The maximum absolute atomic E-state index is 12.6. The van der Waals surface area contributed by atoms with E-state index < -0.39 is 0 Å². The second kappa shape index (κ2) is 7.58. The van der Waals surface area contributed by atoms with Crippen LogP contribution >= 0.6 is 0 Å². The topological polar surface area (TPSA) is 81.9 Å². The summed E-state index contributed by atoms with van der Waals surface area (Å²) >= 11 is 0. The van der Waals surface area contributed by atoms with Crippen LogP contribution in [0.4, 0.5) is 0 Å². The van der Waals surface area contributed by atoms with Gasteiger partial charge in [0.2, 0.25) is 5.91 Å². The number of benzene rings is 1. The Morgan fingerprint density at radius 1 is 1.41 bits per heavy atom. The molecule has 0 bridgehead atoms. The molecule has 8 nitrogen and oxygen atoms in total. The summed E-state index contributed by atoms with van der Waals surface area (Å²) in [4.78, 5) is 14.4. The molecule has 3 aromatic rings. The van der Waals surface area contributed by atoms with Gasteiger partial charge in [0.15, 0.2) is 5.65 Å². The van der Waals surface area contributed by atoms with Crippen LogP contribution in [0.15, 0.2) is 24.3 Å². The minimum Gasteiger partial charge on any atom is -0.376 e. The highest BCUT2D eigenvalue weighted by atomic mass is 16.5. The number of pyridine rings is 1. The van der Waals surface area contributed by atoms with E-state index in [4.69, 9.17) is 9.47 Å². The van der Waals surface area contributed by atoms with Gasteiger partial charge in [-0.1, -0.05) is 11.6 Å². The van der Waals surface area contributed by atoms with E-state index in [2.05, 4.69) is 34.6 Å². The van der Waals surface area contributed by atoms with Gasteiger partial charge in [0.1, 0.15) is 6.61 Å². The Balaban J connectivity index is 1.71. The minimum atomic E-state index is -0.0667. The summed E-state index contributed by atoms with van der Waals surface area (Å²) in [6.07, 6.45) is 2.07. The van der Waals surface area contributed by atoms with Crippen molar-refractivity contribution in [3.8, 4) is 0 Å². The molecule has 1 fully saturated rings. The van der Waals surface area contributed by atoms with Crippen molar-refractivity contribution < 1.29 is 14.3 Å². The zero-order valence-electron chi connectivity index (χ0n) is 15.6. The zero-order chi connectivity index (χ0) is 18.8. The first-order valence-electron chi connectivity index (χ1n) is 9.14. The lowest BCUT2D eigenvalue weighted by atomic mass is 10.1. The summed E-state index contributed by atoms with van der Waals surface area (Å²) in [6, 6.07) is 8.21. The van der Waals surface area contributed by atoms with Crippen molar-refractivity contribution in [1.82, 2.24) is 24.9 Å². The van der Waals surface area contributed by atoms with Gasteiger partial charge < -0.3 is 14.4 Å². The lowest BCUT2D eigenvalue weighted by molar-refractivity contribution is -0.137. The van der Waals surface area contributed by atoms with Crippen molar-refractivity contribution in [2.24, 2.45) is 0 Å². The Bertz CT molecular complexity index is 965. The Morgan fingerprint density at radius 2 is 2.30 bits per heavy atom. The van der Waals surface area contributed by atoms with Crippen LogP contribution in [0, 0.1) is 6.92 Å². The number of hydrogen-bond donors (Lipinski definition) is 0. The number of rotatable bonds is 6. The maximum atomic E-state index is 12.6. The normalized spacial score (nSPS) is 17.0. The highest BCUT2D eigenvalue weighted by molar-refractivity contribution is 5.84. The molecule has 0 unspecified atom stereocenters. The number of amides is 1. The van der Waals surface area contributed by atoms with Crippen LogP contribution in [-0.2, 0) is 20.8 Å². The number of fused-ring (bicyclic) bond motifs is 3. The first-order chi connectivity index (χ1) is 13.2. The Kier molecular flexibility index (Phi) is 5.00. The molecule has 142 valence electrons. The average molecular weight is 369 g/mol. The highest BCUT2D eigenvalue weighted by Crippen LogP contribution is 2.22. The number of carbonyl (C=O) groups is 1. The van der Waals surface area contributed by atoms with E-state index in [0.717, 1.165) is 41.5 Å². The van der Waals surface area contributed by atoms with Crippen molar-refractivity contribution in [2.75, 3.05) is 26.9 Å². The third-order valence-corrected chi connectivity index (χ3v) is 4.93. The van der Waals surface area contributed by atoms with Gasteiger partial charge in [-0.25, -0.2) is 0 Å². The van der Waals surface area contributed by atoms with Crippen molar-refractivity contribution >= 4 is 22.5 Å². The molecular weight excluding hydrogens is 346 g/mol. The number of carbonyl (C=O) groups excluding carboxylic acids is 1. The molecule has 0 N–H and O–H groups in total. The molecule has 3 heterocycles. The molecule has 2 aromatic heterocycles. The van der Waals surface area contributed by atoms with E-state index in [0.29, 0.717) is 18.7 Å². The fraction of sp³-hybridized carbons (Fsp3) is 0.474.